The van der Waals surface area contributed by atoms with Crippen LogP contribution in [0.4, 0.5) is 0 Å². The molecule has 3 heteroatoms. The highest BCUT2D eigenvalue weighted by Gasteiger charge is 2.23. The van der Waals surface area contributed by atoms with Crippen molar-refractivity contribution in [3.8, 4) is 0 Å². The summed E-state index contributed by atoms with van der Waals surface area (Å²) in [6.07, 6.45) is -0.302. The van der Waals surface area contributed by atoms with E-state index in [2.05, 4.69) is 0 Å². The quantitative estimate of drug-likeness (QED) is 0.350. The average Bonchev–Trinajstić information content (AvgIpc) is 2.56. The molecule has 0 aromatic heterocycles. The molecule has 0 N–H and O–H groups in total. The molecule has 0 spiro atoms. The van der Waals surface area contributed by atoms with Crippen molar-refractivity contribution in [2.24, 2.45) is 0 Å². The van der Waals surface area contributed by atoms with Gasteiger partial charge in [-0.25, -0.2) is 0 Å². The van der Waals surface area contributed by atoms with Crippen LogP contribution < -0.4 is 0 Å². The Morgan fingerprint density at radius 3 is 1.70 bits per heavy atom. The number of ketones is 3. The third-order valence-corrected chi connectivity index (χ3v) is 3.46. The van der Waals surface area contributed by atoms with Gasteiger partial charge in [-0.3, -0.25) is 14.4 Å². The number of carbonyl (C=O) groups excluding carboxylic acids is 3. The monoisotopic (exact) mass is 306 g/mol. The lowest BCUT2D eigenvalue weighted by molar-refractivity contribution is -0.114. The van der Waals surface area contributed by atoms with Gasteiger partial charge in [0.2, 0.25) is 0 Å². The summed E-state index contributed by atoms with van der Waals surface area (Å²) in [6.45, 7) is 3.42. The fourth-order valence-corrected chi connectivity index (χ4v) is 2.33. The van der Waals surface area contributed by atoms with Crippen molar-refractivity contribution in [1.29, 1.82) is 0 Å². The fraction of sp³-hybridized carbons (Fsp3) is 0.150. The first-order chi connectivity index (χ1) is 11.0. The molecule has 2 aromatic carbocycles. The number of hydrogen-bond acceptors (Lipinski definition) is 3. The maximum absolute atomic E-state index is 12.6. The molecule has 2 rings (SSSR count). The van der Waals surface area contributed by atoms with Gasteiger partial charge in [0.15, 0.2) is 17.3 Å². The summed E-state index contributed by atoms with van der Waals surface area (Å²) in [5, 5.41) is 0. The largest absolute Gasteiger partial charge is 0.294 e. The lowest BCUT2D eigenvalue weighted by Crippen LogP contribution is -2.18. The van der Waals surface area contributed by atoms with E-state index in [1.807, 2.05) is 0 Å². The van der Waals surface area contributed by atoms with Crippen molar-refractivity contribution in [1.82, 2.24) is 0 Å². The van der Waals surface area contributed by atoms with E-state index < -0.39 is 5.78 Å². The summed E-state index contributed by atoms with van der Waals surface area (Å²) in [6, 6.07) is 17.2. The van der Waals surface area contributed by atoms with Crippen LogP contribution >= 0.6 is 0 Å². The van der Waals surface area contributed by atoms with E-state index >= 15 is 0 Å². The van der Waals surface area contributed by atoms with Gasteiger partial charge in [0.1, 0.15) is 0 Å². The van der Waals surface area contributed by atoms with Crippen molar-refractivity contribution < 1.29 is 14.4 Å². The molecule has 0 aliphatic carbocycles. The van der Waals surface area contributed by atoms with Crippen molar-refractivity contribution in [2.75, 3.05) is 0 Å². The Morgan fingerprint density at radius 2 is 1.22 bits per heavy atom. The minimum absolute atomic E-state index is 0.0977. The minimum Gasteiger partial charge on any atom is -0.294 e. The fourth-order valence-electron chi connectivity index (χ4n) is 2.33. The van der Waals surface area contributed by atoms with Gasteiger partial charge in [0.05, 0.1) is 12.0 Å². The van der Waals surface area contributed by atoms with Gasteiger partial charge in [-0.1, -0.05) is 66.2 Å². The summed E-state index contributed by atoms with van der Waals surface area (Å²) < 4.78 is 0. The Kier molecular flexibility index (Phi) is 5.36. The summed E-state index contributed by atoms with van der Waals surface area (Å²) in [7, 11) is 0. The van der Waals surface area contributed by atoms with Gasteiger partial charge in [-0.05, 0) is 13.8 Å². The van der Waals surface area contributed by atoms with Gasteiger partial charge in [0, 0.05) is 11.1 Å². The normalized spacial score (nSPS) is 10.0. The van der Waals surface area contributed by atoms with E-state index in [4.69, 9.17) is 0 Å². The van der Waals surface area contributed by atoms with Crippen LogP contribution in [0, 0.1) is 0 Å². The number of benzene rings is 2. The first kappa shape index (κ1) is 16.6. The van der Waals surface area contributed by atoms with Crippen molar-refractivity contribution in [3.63, 3.8) is 0 Å². The van der Waals surface area contributed by atoms with Crippen molar-refractivity contribution in [2.45, 2.75) is 20.3 Å². The Hall–Kier alpha value is -2.81. The van der Waals surface area contributed by atoms with Crippen LogP contribution in [0.1, 0.15) is 41.0 Å². The Morgan fingerprint density at radius 1 is 0.739 bits per heavy atom. The van der Waals surface area contributed by atoms with Crippen LogP contribution in [0.3, 0.4) is 0 Å². The molecule has 0 atom stereocenters. The lowest BCUT2D eigenvalue weighted by Gasteiger charge is -2.08. The SMILES string of the molecule is CC(C)=C(C(=O)CC(=O)c1ccccc1)C(=O)c1ccccc1. The molecule has 2 aromatic rings. The Labute approximate surface area is 135 Å². The van der Waals surface area contributed by atoms with E-state index in [1.54, 1.807) is 74.5 Å². The standard InChI is InChI=1S/C20H18O3/c1-14(2)19(20(23)16-11-7-4-8-12-16)18(22)13-17(21)15-9-5-3-6-10-15/h3-12H,13H2,1-2H3. The van der Waals surface area contributed by atoms with E-state index in [-0.39, 0.29) is 23.6 Å². The number of rotatable bonds is 6. The highest BCUT2D eigenvalue weighted by atomic mass is 16.2. The van der Waals surface area contributed by atoms with Crippen LogP contribution in [-0.4, -0.2) is 17.3 Å². The number of allylic oxidation sites excluding steroid dienone is 2. The molecule has 0 amide bonds. The first-order valence-electron chi connectivity index (χ1n) is 7.39. The smallest absolute Gasteiger partial charge is 0.196 e. The van der Waals surface area contributed by atoms with Crippen LogP contribution in [0.2, 0.25) is 0 Å². The molecule has 0 aliphatic rings. The second-order valence-electron chi connectivity index (χ2n) is 5.46. The maximum Gasteiger partial charge on any atom is 0.196 e. The third kappa shape index (κ3) is 4.10. The Balaban J connectivity index is 2.23. The van der Waals surface area contributed by atoms with Gasteiger partial charge in [-0.15, -0.1) is 0 Å². The molecule has 0 heterocycles. The van der Waals surface area contributed by atoms with Gasteiger partial charge >= 0.3 is 0 Å². The molecule has 0 saturated carbocycles. The van der Waals surface area contributed by atoms with Crippen molar-refractivity contribution in [3.05, 3.63) is 82.9 Å². The van der Waals surface area contributed by atoms with E-state index in [0.717, 1.165) is 0 Å². The number of carbonyl (C=O) groups is 3. The van der Waals surface area contributed by atoms with Crippen LogP contribution in [0.5, 0.6) is 0 Å². The van der Waals surface area contributed by atoms with Gasteiger partial charge < -0.3 is 0 Å². The molecular formula is C20H18O3. The average molecular weight is 306 g/mol. The molecule has 0 fully saturated rings. The highest BCUT2D eigenvalue weighted by molar-refractivity contribution is 6.30. The zero-order chi connectivity index (χ0) is 16.8. The maximum atomic E-state index is 12.6. The van der Waals surface area contributed by atoms with Crippen molar-refractivity contribution >= 4 is 17.3 Å². The van der Waals surface area contributed by atoms with Gasteiger partial charge in [-0.2, -0.15) is 0 Å². The van der Waals surface area contributed by atoms with Gasteiger partial charge in [0.25, 0.3) is 0 Å². The number of Topliss-reactive ketones (excluding diaryl/α,β-unsaturated/α-hetero) is 3. The Bertz CT molecular complexity index is 752. The second kappa shape index (κ2) is 7.45. The first-order valence-corrected chi connectivity index (χ1v) is 7.39. The zero-order valence-corrected chi connectivity index (χ0v) is 13.2. The van der Waals surface area contributed by atoms with E-state index in [9.17, 15) is 14.4 Å². The summed E-state index contributed by atoms with van der Waals surface area (Å²) in [5.41, 5.74) is 1.63. The molecule has 0 bridgehead atoms. The summed E-state index contributed by atoms with van der Waals surface area (Å²) in [5.74, 6) is -1.06. The zero-order valence-electron chi connectivity index (χ0n) is 13.2. The second-order valence-corrected chi connectivity index (χ2v) is 5.46. The minimum atomic E-state index is -0.437. The predicted molar refractivity (Wildman–Crippen MR) is 89.5 cm³/mol. The third-order valence-electron chi connectivity index (χ3n) is 3.46. The van der Waals surface area contributed by atoms with E-state index in [1.165, 1.54) is 0 Å². The molecule has 23 heavy (non-hydrogen) atoms. The predicted octanol–water partition coefficient (Wildman–Crippen LogP) is 4.05. The summed E-state index contributed by atoms with van der Waals surface area (Å²) >= 11 is 0. The highest BCUT2D eigenvalue weighted by Crippen LogP contribution is 2.16. The number of hydrogen-bond donors (Lipinski definition) is 0. The molecule has 116 valence electrons. The van der Waals surface area contributed by atoms with E-state index in [0.29, 0.717) is 16.7 Å². The molecule has 0 radical (unpaired) electrons. The topological polar surface area (TPSA) is 51.2 Å². The van der Waals surface area contributed by atoms with Crippen LogP contribution in [-0.2, 0) is 4.79 Å². The molecule has 0 saturated heterocycles. The molecule has 3 nitrogen and oxygen atoms in total. The molecule has 0 unspecified atom stereocenters. The van der Waals surface area contributed by atoms with Crippen LogP contribution in [0.15, 0.2) is 71.8 Å². The lowest BCUT2D eigenvalue weighted by atomic mass is 9.92. The summed E-state index contributed by atoms with van der Waals surface area (Å²) in [4.78, 5) is 37.2. The molecule has 0 aliphatic heterocycles. The molecular weight excluding hydrogens is 288 g/mol. The van der Waals surface area contributed by atoms with Crippen LogP contribution in [0.25, 0.3) is 0 Å².